The summed E-state index contributed by atoms with van der Waals surface area (Å²) in [6.45, 7) is 0. The Bertz CT molecular complexity index is 707. The summed E-state index contributed by atoms with van der Waals surface area (Å²) in [7, 11) is -3.72. The van der Waals surface area contributed by atoms with Crippen molar-refractivity contribution in [2.75, 3.05) is 5.32 Å². The van der Waals surface area contributed by atoms with Crippen molar-refractivity contribution in [1.82, 2.24) is 4.98 Å². The molecule has 0 saturated heterocycles. The number of amides is 1. The lowest BCUT2D eigenvalue weighted by Gasteiger charge is -2.04. The maximum absolute atomic E-state index is 11.8. The zero-order valence-corrected chi connectivity index (χ0v) is 12.0. The van der Waals surface area contributed by atoms with E-state index in [4.69, 9.17) is 5.14 Å². The Hall–Kier alpha value is -1.64. The Morgan fingerprint density at radius 2 is 1.89 bits per heavy atom. The number of carbonyl (C=O) groups excluding carboxylic acids is 1. The lowest BCUT2D eigenvalue weighted by atomic mass is 10.3. The van der Waals surface area contributed by atoms with Crippen LogP contribution in [0.1, 0.15) is 10.5 Å². The average molecular weight is 344 g/mol. The lowest BCUT2D eigenvalue weighted by Crippen LogP contribution is -2.14. The van der Waals surface area contributed by atoms with Crippen LogP contribution in [0.25, 0.3) is 0 Å². The second-order valence-electron chi connectivity index (χ2n) is 3.76. The van der Waals surface area contributed by atoms with E-state index in [0.717, 1.165) is 4.47 Å². The first kappa shape index (κ1) is 13.8. The van der Waals surface area contributed by atoms with E-state index < -0.39 is 10.0 Å². The van der Waals surface area contributed by atoms with Crippen LogP contribution in [0.5, 0.6) is 0 Å². The minimum absolute atomic E-state index is 0.00637. The van der Waals surface area contributed by atoms with E-state index in [1.165, 1.54) is 24.3 Å². The summed E-state index contributed by atoms with van der Waals surface area (Å²) in [6.07, 6.45) is 1.64. The summed E-state index contributed by atoms with van der Waals surface area (Å²) in [6, 6.07) is 7.23. The van der Waals surface area contributed by atoms with Gasteiger partial charge in [-0.25, -0.2) is 13.6 Å². The van der Waals surface area contributed by atoms with Gasteiger partial charge in [-0.3, -0.25) is 4.79 Å². The molecule has 1 aromatic carbocycles. The summed E-state index contributed by atoms with van der Waals surface area (Å²) in [5.41, 5.74) is 0.866. The molecular formula is C11H10BrN3O3S. The van der Waals surface area contributed by atoms with Gasteiger partial charge in [-0.1, -0.05) is 0 Å². The molecular weight excluding hydrogens is 334 g/mol. The fourth-order valence-corrected chi connectivity index (χ4v) is 2.28. The fraction of sp³-hybridized carbons (Fsp3) is 0. The number of hydrogen-bond acceptors (Lipinski definition) is 3. The number of primary sulfonamides is 1. The van der Waals surface area contributed by atoms with Gasteiger partial charge in [0.15, 0.2) is 0 Å². The topological polar surface area (TPSA) is 105 Å². The molecule has 1 aromatic heterocycles. The number of hydrogen-bond donors (Lipinski definition) is 3. The SMILES string of the molecule is NS(=O)(=O)c1ccc(NC(=O)c2cc(Br)c[nH]2)cc1. The third kappa shape index (κ3) is 3.43. The van der Waals surface area contributed by atoms with Gasteiger partial charge < -0.3 is 10.3 Å². The Morgan fingerprint density at radius 1 is 1.26 bits per heavy atom. The third-order valence-corrected chi connectivity index (χ3v) is 3.72. The number of H-pyrrole nitrogens is 1. The molecule has 8 heteroatoms. The monoisotopic (exact) mass is 343 g/mol. The van der Waals surface area contributed by atoms with E-state index in [9.17, 15) is 13.2 Å². The molecule has 0 aliphatic rings. The maximum Gasteiger partial charge on any atom is 0.272 e. The van der Waals surface area contributed by atoms with Crippen LogP contribution in [0.15, 0.2) is 45.9 Å². The molecule has 0 aliphatic carbocycles. The van der Waals surface area contributed by atoms with Crippen molar-refractivity contribution in [3.8, 4) is 0 Å². The number of carbonyl (C=O) groups is 1. The molecule has 0 saturated carbocycles. The van der Waals surface area contributed by atoms with Crippen molar-refractivity contribution in [1.29, 1.82) is 0 Å². The van der Waals surface area contributed by atoms with Gasteiger partial charge in [-0.2, -0.15) is 0 Å². The van der Waals surface area contributed by atoms with Gasteiger partial charge in [0.05, 0.1) is 4.90 Å². The predicted octanol–water partition coefficient (Wildman–Crippen LogP) is 1.68. The van der Waals surface area contributed by atoms with Crippen molar-refractivity contribution in [3.05, 3.63) is 46.7 Å². The molecule has 0 radical (unpaired) electrons. The van der Waals surface area contributed by atoms with E-state index in [1.54, 1.807) is 12.3 Å². The van der Waals surface area contributed by atoms with Crippen molar-refractivity contribution < 1.29 is 13.2 Å². The minimum atomic E-state index is -3.72. The number of aromatic nitrogens is 1. The minimum Gasteiger partial charge on any atom is -0.356 e. The molecule has 2 rings (SSSR count). The van der Waals surface area contributed by atoms with E-state index >= 15 is 0 Å². The fourth-order valence-electron chi connectivity index (χ4n) is 1.43. The van der Waals surface area contributed by atoms with Gasteiger partial charge in [-0.15, -0.1) is 0 Å². The summed E-state index contributed by atoms with van der Waals surface area (Å²) < 4.78 is 22.9. The largest absolute Gasteiger partial charge is 0.356 e. The van der Waals surface area contributed by atoms with E-state index in [1.807, 2.05) is 0 Å². The number of benzene rings is 1. The van der Waals surface area contributed by atoms with Crippen LogP contribution in [0.4, 0.5) is 5.69 Å². The molecule has 0 aliphatic heterocycles. The summed E-state index contributed by atoms with van der Waals surface area (Å²) >= 11 is 3.23. The number of nitrogens with one attached hydrogen (secondary N) is 2. The van der Waals surface area contributed by atoms with Crippen LogP contribution >= 0.6 is 15.9 Å². The van der Waals surface area contributed by atoms with Crippen LogP contribution in [-0.4, -0.2) is 19.3 Å². The molecule has 19 heavy (non-hydrogen) atoms. The first-order chi connectivity index (χ1) is 8.86. The highest BCUT2D eigenvalue weighted by Gasteiger charge is 2.10. The number of rotatable bonds is 3. The molecule has 1 amide bonds. The number of aromatic amines is 1. The van der Waals surface area contributed by atoms with Gasteiger partial charge in [-0.05, 0) is 46.3 Å². The Morgan fingerprint density at radius 3 is 2.37 bits per heavy atom. The smallest absolute Gasteiger partial charge is 0.272 e. The normalized spacial score (nSPS) is 11.3. The van der Waals surface area contributed by atoms with E-state index in [2.05, 4.69) is 26.2 Å². The van der Waals surface area contributed by atoms with Gasteiger partial charge in [0.25, 0.3) is 5.91 Å². The van der Waals surface area contributed by atoms with Gasteiger partial charge >= 0.3 is 0 Å². The lowest BCUT2D eigenvalue weighted by molar-refractivity contribution is 0.102. The first-order valence-electron chi connectivity index (χ1n) is 5.14. The van der Waals surface area contributed by atoms with Crippen LogP contribution in [0, 0.1) is 0 Å². The quantitative estimate of drug-likeness (QED) is 0.789. The number of halogens is 1. The Balaban J connectivity index is 2.14. The number of nitrogens with two attached hydrogens (primary N) is 1. The van der Waals surface area contributed by atoms with E-state index in [0.29, 0.717) is 11.4 Å². The molecule has 4 N–H and O–H groups in total. The van der Waals surface area contributed by atoms with Gasteiger partial charge in [0, 0.05) is 16.4 Å². The standard InChI is InChI=1S/C11H10BrN3O3S/c12-7-5-10(14-6-7)11(16)15-8-1-3-9(4-2-8)19(13,17)18/h1-6,14H,(H,15,16)(H2,13,17,18). The molecule has 0 bridgehead atoms. The Labute approximate surface area is 118 Å². The summed E-state index contributed by atoms with van der Waals surface area (Å²) in [5.74, 6) is -0.325. The first-order valence-corrected chi connectivity index (χ1v) is 7.48. The third-order valence-electron chi connectivity index (χ3n) is 2.33. The van der Waals surface area contributed by atoms with Crippen molar-refractivity contribution in [2.24, 2.45) is 5.14 Å². The van der Waals surface area contributed by atoms with Crippen LogP contribution in [0.2, 0.25) is 0 Å². The van der Waals surface area contributed by atoms with Crippen molar-refractivity contribution in [3.63, 3.8) is 0 Å². The van der Waals surface area contributed by atoms with Crippen LogP contribution in [-0.2, 0) is 10.0 Å². The van der Waals surface area contributed by atoms with Crippen LogP contribution < -0.4 is 10.5 Å². The molecule has 0 fully saturated rings. The predicted molar refractivity (Wildman–Crippen MR) is 74.3 cm³/mol. The van der Waals surface area contributed by atoms with Gasteiger partial charge in [0.1, 0.15) is 5.69 Å². The highest BCUT2D eigenvalue weighted by molar-refractivity contribution is 9.10. The molecule has 0 spiro atoms. The highest BCUT2D eigenvalue weighted by atomic mass is 79.9. The maximum atomic E-state index is 11.8. The molecule has 100 valence electrons. The molecule has 6 nitrogen and oxygen atoms in total. The number of sulfonamides is 1. The highest BCUT2D eigenvalue weighted by Crippen LogP contribution is 2.15. The molecule has 1 heterocycles. The van der Waals surface area contributed by atoms with Crippen molar-refractivity contribution >= 4 is 37.5 Å². The molecule has 0 unspecified atom stereocenters. The zero-order valence-electron chi connectivity index (χ0n) is 9.55. The van der Waals surface area contributed by atoms with Gasteiger partial charge in [0.2, 0.25) is 10.0 Å². The van der Waals surface area contributed by atoms with Crippen molar-refractivity contribution in [2.45, 2.75) is 4.90 Å². The van der Waals surface area contributed by atoms with Crippen LogP contribution in [0.3, 0.4) is 0 Å². The second kappa shape index (κ2) is 5.16. The summed E-state index contributed by atoms with van der Waals surface area (Å²) in [4.78, 5) is 14.6. The second-order valence-corrected chi connectivity index (χ2v) is 6.23. The molecule has 0 atom stereocenters. The van der Waals surface area contributed by atoms with E-state index in [-0.39, 0.29) is 10.8 Å². The average Bonchev–Trinajstić information content (AvgIpc) is 2.75. The molecule has 2 aromatic rings. The zero-order chi connectivity index (χ0) is 14.0. The Kier molecular flexibility index (Phi) is 3.74. The summed E-state index contributed by atoms with van der Waals surface area (Å²) in [5, 5.41) is 7.60. The number of anilines is 1.